The summed E-state index contributed by atoms with van der Waals surface area (Å²) in [6, 6.07) is 5.22. The maximum atomic E-state index is 12.4. The Hall–Kier alpha value is -2.27. The molecule has 1 aliphatic rings. The van der Waals surface area contributed by atoms with Crippen LogP contribution in [-0.2, 0) is 29.2 Å². The lowest BCUT2D eigenvalue weighted by Gasteiger charge is -2.41. The highest BCUT2D eigenvalue weighted by Crippen LogP contribution is 2.32. The van der Waals surface area contributed by atoms with Crippen LogP contribution in [-0.4, -0.2) is 61.8 Å². The second-order valence-electron chi connectivity index (χ2n) is 9.49. The number of allylic oxidation sites excluding steroid dienone is 1. The zero-order valence-electron chi connectivity index (χ0n) is 22.6. The zero-order valence-corrected chi connectivity index (χ0v) is 23.4. The predicted octanol–water partition coefficient (Wildman–Crippen LogP) is 3.42. The van der Waals surface area contributed by atoms with E-state index in [1.165, 1.54) is 19.1 Å². The Morgan fingerprint density at radius 1 is 1.28 bits per heavy atom. The molecule has 0 saturated carbocycles. The molecule has 1 amide bonds. The first kappa shape index (κ1) is 31.8. The van der Waals surface area contributed by atoms with Crippen molar-refractivity contribution in [2.75, 3.05) is 7.11 Å². The highest BCUT2D eigenvalue weighted by atomic mass is 32.2. The van der Waals surface area contributed by atoms with E-state index < -0.39 is 15.7 Å². The van der Waals surface area contributed by atoms with Gasteiger partial charge in [0.1, 0.15) is 6.04 Å². The minimum atomic E-state index is -4.02. The minimum Gasteiger partial charge on any atom is -0.462 e. The number of nitrogens with one attached hydrogen (secondary N) is 2. The van der Waals surface area contributed by atoms with Crippen LogP contribution in [0.25, 0.3) is 0 Å². The Balaban J connectivity index is 0.000000488. The number of carbonyl (C=O) groups is 2. The summed E-state index contributed by atoms with van der Waals surface area (Å²) in [6.07, 6.45) is 5.29. The molecular formula is C26H42N2O7S. The van der Waals surface area contributed by atoms with E-state index in [1.54, 1.807) is 19.2 Å². The quantitative estimate of drug-likeness (QED) is 0.253. The molecule has 1 saturated heterocycles. The molecule has 1 aliphatic heterocycles. The Morgan fingerprint density at radius 3 is 2.28 bits per heavy atom. The van der Waals surface area contributed by atoms with Gasteiger partial charge in [0.05, 0.1) is 22.6 Å². The summed E-state index contributed by atoms with van der Waals surface area (Å²) in [7, 11) is -2.36. The van der Waals surface area contributed by atoms with Crippen molar-refractivity contribution in [3.05, 3.63) is 42.0 Å². The van der Waals surface area contributed by atoms with Gasteiger partial charge < -0.3 is 14.8 Å². The highest BCUT2D eigenvalue weighted by molar-refractivity contribution is 7.85. The van der Waals surface area contributed by atoms with Gasteiger partial charge in [0.15, 0.2) is 0 Å². The smallest absolute Gasteiger partial charge is 0.323 e. The van der Waals surface area contributed by atoms with Crippen molar-refractivity contribution >= 4 is 22.0 Å². The predicted molar refractivity (Wildman–Crippen MR) is 139 cm³/mol. The van der Waals surface area contributed by atoms with Crippen molar-refractivity contribution in [3.8, 4) is 0 Å². The van der Waals surface area contributed by atoms with E-state index in [9.17, 15) is 18.0 Å². The van der Waals surface area contributed by atoms with Gasteiger partial charge in [-0.3, -0.25) is 19.5 Å². The van der Waals surface area contributed by atoms with E-state index in [4.69, 9.17) is 14.0 Å². The van der Waals surface area contributed by atoms with E-state index in [-0.39, 0.29) is 46.9 Å². The van der Waals surface area contributed by atoms with Crippen LogP contribution in [0.3, 0.4) is 0 Å². The molecule has 1 heterocycles. The Bertz CT molecular complexity index is 986. The third-order valence-electron chi connectivity index (χ3n) is 6.30. The largest absolute Gasteiger partial charge is 0.462 e. The molecule has 36 heavy (non-hydrogen) atoms. The van der Waals surface area contributed by atoms with Crippen molar-refractivity contribution in [3.63, 3.8) is 0 Å². The van der Waals surface area contributed by atoms with Gasteiger partial charge in [-0.15, -0.1) is 0 Å². The first-order valence-electron chi connectivity index (χ1n) is 12.1. The van der Waals surface area contributed by atoms with Crippen LogP contribution >= 0.6 is 0 Å². The number of aryl methyl sites for hydroxylation is 1. The summed E-state index contributed by atoms with van der Waals surface area (Å²) in [6.45, 7) is 13.0. The molecule has 1 aromatic carbocycles. The molecule has 2 rings (SSSR count). The number of hydrogen-bond acceptors (Lipinski definition) is 7. The summed E-state index contributed by atoms with van der Waals surface area (Å²) in [5, 5.41) is 6.43. The molecule has 0 spiro atoms. The monoisotopic (exact) mass is 526 g/mol. The lowest BCUT2D eigenvalue weighted by molar-refractivity contribution is -0.149. The molecule has 204 valence electrons. The molecule has 10 heteroatoms. The fraction of sp³-hybridized carbons (Fsp3) is 0.615. The Morgan fingerprint density at radius 2 is 1.86 bits per heavy atom. The number of amides is 1. The molecule has 1 aromatic rings. The summed E-state index contributed by atoms with van der Waals surface area (Å²) < 4.78 is 40.7. The summed E-state index contributed by atoms with van der Waals surface area (Å²) in [5.41, 5.74) is 0.414. The van der Waals surface area contributed by atoms with E-state index >= 15 is 0 Å². The zero-order chi connectivity index (χ0) is 27.7. The Labute approximate surface area is 215 Å². The SMILES string of the molecule is C/C=C/[C@@H]1C[C@H](C(=O)OC(C)C)N[C@H]1[C@@H](NC(C)=O)[C@](C)(CC)OC.Cc1ccc(S(=O)(=O)O)cc1. The fourth-order valence-electron chi connectivity index (χ4n) is 4.15. The van der Waals surface area contributed by atoms with Crippen LogP contribution in [0.15, 0.2) is 41.3 Å². The molecule has 0 aliphatic carbocycles. The van der Waals surface area contributed by atoms with Crippen molar-refractivity contribution in [2.24, 2.45) is 5.92 Å². The third kappa shape index (κ3) is 9.31. The summed E-state index contributed by atoms with van der Waals surface area (Å²) in [4.78, 5) is 24.1. The Kier molecular flexibility index (Phi) is 12.2. The first-order valence-corrected chi connectivity index (χ1v) is 13.6. The number of methoxy groups -OCH3 is 1. The van der Waals surface area contributed by atoms with Gasteiger partial charge in [0.2, 0.25) is 5.91 Å². The molecule has 0 radical (unpaired) electrons. The van der Waals surface area contributed by atoms with E-state index in [1.807, 2.05) is 47.6 Å². The van der Waals surface area contributed by atoms with Crippen LogP contribution in [0.5, 0.6) is 0 Å². The maximum absolute atomic E-state index is 12.4. The van der Waals surface area contributed by atoms with Crippen molar-refractivity contribution in [1.82, 2.24) is 10.6 Å². The first-order chi connectivity index (χ1) is 16.7. The van der Waals surface area contributed by atoms with E-state index in [0.717, 1.165) is 12.0 Å². The highest BCUT2D eigenvalue weighted by Gasteiger charge is 2.47. The van der Waals surface area contributed by atoms with E-state index in [2.05, 4.69) is 16.7 Å². The van der Waals surface area contributed by atoms with Gasteiger partial charge in [0, 0.05) is 20.1 Å². The average Bonchev–Trinajstić information content (AvgIpc) is 3.20. The third-order valence-corrected chi connectivity index (χ3v) is 7.17. The van der Waals surface area contributed by atoms with Crippen molar-refractivity contribution < 1.29 is 32.0 Å². The van der Waals surface area contributed by atoms with E-state index in [0.29, 0.717) is 6.42 Å². The molecular weight excluding hydrogens is 484 g/mol. The van der Waals surface area contributed by atoms with Gasteiger partial charge in [0.25, 0.3) is 10.1 Å². The lowest BCUT2D eigenvalue weighted by atomic mass is 9.82. The van der Waals surface area contributed by atoms with Gasteiger partial charge in [-0.1, -0.05) is 36.8 Å². The number of carbonyl (C=O) groups excluding carboxylic acids is 2. The second-order valence-corrected chi connectivity index (χ2v) is 10.9. The number of benzene rings is 1. The number of hydrogen-bond donors (Lipinski definition) is 3. The molecule has 0 unspecified atom stereocenters. The van der Waals surface area contributed by atoms with Crippen LogP contribution in [0, 0.1) is 12.8 Å². The number of ether oxygens (including phenoxy) is 2. The van der Waals surface area contributed by atoms with Crippen molar-refractivity contribution in [1.29, 1.82) is 0 Å². The van der Waals surface area contributed by atoms with Crippen LogP contribution in [0.4, 0.5) is 0 Å². The van der Waals surface area contributed by atoms with Gasteiger partial charge in [-0.05, 0) is 65.5 Å². The summed E-state index contributed by atoms with van der Waals surface area (Å²) >= 11 is 0. The molecule has 0 aromatic heterocycles. The maximum Gasteiger partial charge on any atom is 0.323 e. The molecule has 3 N–H and O–H groups in total. The van der Waals surface area contributed by atoms with Crippen LogP contribution in [0.1, 0.15) is 59.9 Å². The van der Waals surface area contributed by atoms with Gasteiger partial charge in [-0.25, -0.2) is 0 Å². The molecule has 0 bridgehead atoms. The fourth-order valence-corrected chi connectivity index (χ4v) is 4.63. The van der Waals surface area contributed by atoms with Gasteiger partial charge >= 0.3 is 5.97 Å². The van der Waals surface area contributed by atoms with Gasteiger partial charge in [-0.2, -0.15) is 8.42 Å². The van der Waals surface area contributed by atoms with Crippen LogP contribution < -0.4 is 10.6 Å². The van der Waals surface area contributed by atoms with Crippen LogP contribution in [0.2, 0.25) is 0 Å². The second kappa shape index (κ2) is 13.9. The van der Waals surface area contributed by atoms with Crippen molar-refractivity contribution in [2.45, 2.75) is 96.0 Å². The average molecular weight is 527 g/mol. The number of esters is 1. The molecule has 1 fully saturated rings. The lowest BCUT2D eigenvalue weighted by Crippen LogP contribution is -2.62. The minimum absolute atomic E-state index is 0.0666. The summed E-state index contributed by atoms with van der Waals surface area (Å²) in [5.74, 6) is -0.257. The standard InChI is InChI=1S/C19H34N2O4.C7H8O3S/c1-8-10-14-11-15(18(23)25-12(3)4)21-16(14)17(20-13(5)22)19(6,9-2)24-7;1-6-2-4-7(5-3-6)11(8,9)10/h8,10,12,14-17,21H,9,11H2,1-7H3,(H,20,22);2-5H,1H3,(H,8,9,10)/b10-8+;/t14-,15-,16-,17-,19+;/m1./s1. The normalized spacial score (nSPS) is 22.4. The number of rotatable bonds is 9. The molecule has 5 atom stereocenters. The topological polar surface area (TPSA) is 131 Å². The molecule has 9 nitrogen and oxygen atoms in total.